The first kappa shape index (κ1) is 21.4. The molecule has 136 valence electrons. The van der Waals surface area contributed by atoms with E-state index in [1.807, 2.05) is 0 Å². The van der Waals surface area contributed by atoms with E-state index in [2.05, 4.69) is 20.7 Å². The lowest BCUT2D eigenvalue weighted by Crippen LogP contribution is -2.59. The Morgan fingerprint density at radius 2 is 1.79 bits per heavy atom. The van der Waals surface area contributed by atoms with Gasteiger partial charge in [-0.3, -0.25) is 4.79 Å². The van der Waals surface area contributed by atoms with Gasteiger partial charge in [0.2, 0.25) is 0 Å². The molecule has 0 radical (unpaired) electrons. The van der Waals surface area contributed by atoms with Crippen molar-refractivity contribution < 1.29 is 18.5 Å². The molecule has 2 atom stereocenters. The molecule has 0 aliphatic carbocycles. The van der Waals surface area contributed by atoms with Crippen LogP contribution in [0.4, 0.5) is 4.39 Å². The zero-order valence-corrected chi connectivity index (χ0v) is 17.5. The van der Waals surface area contributed by atoms with Gasteiger partial charge in [0.25, 0.3) is 0 Å². The van der Waals surface area contributed by atoms with Crippen molar-refractivity contribution in [3.63, 3.8) is 0 Å². The van der Waals surface area contributed by atoms with Crippen LogP contribution in [0.2, 0.25) is 0 Å². The lowest BCUT2D eigenvalue weighted by atomic mass is 9.69. The molecule has 0 aliphatic rings. The third-order valence-corrected chi connectivity index (χ3v) is 6.47. The molecule has 1 N–H and O–H groups in total. The van der Waals surface area contributed by atoms with Gasteiger partial charge in [-0.2, -0.15) is 0 Å². The van der Waals surface area contributed by atoms with Crippen molar-refractivity contribution in [2.75, 3.05) is 7.11 Å². The average molecular weight is 422 g/mol. The van der Waals surface area contributed by atoms with Gasteiger partial charge in [-0.1, -0.05) is 15.9 Å². The minimum atomic E-state index is -1.53. The Kier molecular flexibility index (Phi) is 6.53. The lowest BCUT2D eigenvalue weighted by molar-refractivity contribution is -0.155. The monoisotopic (exact) mass is 421 g/mol. The van der Waals surface area contributed by atoms with Gasteiger partial charge in [0.05, 0.1) is 12.5 Å². The van der Waals surface area contributed by atoms with Crippen molar-refractivity contribution in [2.24, 2.45) is 5.41 Å². The Bertz CT molecular complexity index is 618. The van der Waals surface area contributed by atoms with Crippen LogP contribution in [0.25, 0.3) is 0 Å². The predicted molar refractivity (Wildman–Crippen MR) is 98.3 cm³/mol. The molecule has 24 heavy (non-hydrogen) atoms. The van der Waals surface area contributed by atoms with Crippen LogP contribution in [0, 0.1) is 11.2 Å². The molecular weight excluding hydrogens is 397 g/mol. The SMILES string of the molecule is COC(=O)C(C)(C)[C@](C)(N[S+]([O-])C(C)(C)C)c1cc(Br)ccc1F. The smallest absolute Gasteiger partial charge is 0.313 e. The standard InChI is InChI=1S/C17H25BrFNO3S/c1-15(2,3)24(22)20-17(6,16(4,5)14(21)23-7)12-10-11(18)8-9-13(12)19/h8-10,20H,1-7H3/t17-,24?/m1/s1. The minimum absolute atomic E-state index is 0.241. The van der Waals surface area contributed by atoms with Crippen LogP contribution in [-0.4, -0.2) is 22.4 Å². The molecule has 1 aromatic carbocycles. The molecule has 0 bridgehead atoms. The maximum atomic E-state index is 14.6. The van der Waals surface area contributed by atoms with Crippen molar-refractivity contribution in [1.82, 2.24) is 4.72 Å². The zero-order chi connectivity index (χ0) is 18.9. The molecule has 0 spiro atoms. The molecule has 0 heterocycles. The molecule has 4 nitrogen and oxygen atoms in total. The highest BCUT2D eigenvalue weighted by Gasteiger charge is 2.54. The summed E-state index contributed by atoms with van der Waals surface area (Å²) in [6.07, 6.45) is 0. The van der Waals surface area contributed by atoms with Gasteiger partial charge in [-0.05, 0) is 59.7 Å². The number of methoxy groups -OCH3 is 1. The third kappa shape index (κ3) is 4.12. The number of rotatable bonds is 5. The Morgan fingerprint density at radius 1 is 1.25 bits per heavy atom. The van der Waals surface area contributed by atoms with Crippen LogP contribution in [-0.2, 0) is 26.4 Å². The minimum Gasteiger partial charge on any atom is -0.598 e. The number of carbonyl (C=O) groups excluding carboxylic acids is 1. The van der Waals surface area contributed by atoms with E-state index in [4.69, 9.17) is 4.74 Å². The summed E-state index contributed by atoms with van der Waals surface area (Å²) in [4.78, 5) is 12.4. The summed E-state index contributed by atoms with van der Waals surface area (Å²) in [6.45, 7) is 10.4. The average Bonchev–Trinajstić information content (AvgIpc) is 2.47. The van der Waals surface area contributed by atoms with Crippen molar-refractivity contribution in [2.45, 2.75) is 51.8 Å². The number of ether oxygens (including phenoxy) is 1. The third-order valence-electron chi connectivity index (χ3n) is 4.27. The van der Waals surface area contributed by atoms with Crippen LogP contribution < -0.4 is 4.72 Å². The van der Waals surface area contributed by atoms with Gasteiger partial charge in [-0.25, -0.2) is 4.39 Å². The quantitative estimate of drug-likeness (QED) is 0.575. The molecule has 7 heteroatoms. The second-order valence-electron chi connectivity index (χ2n) is 7.35. The molecular formula is C17H25BrFNO3S. The number of nitrogens with one attached hydrogen (secondary N) is 1. The first-order valence-corrected chi connectivity index (χ1v) is 9.45. The maximum Gasteiger partial charge on any atom is 0.313 e. The van der Waals surface area contributed by atoms with E-state index >= 15 is 0 Å². The van der Waals surface area contributed by atoms with Gasteiger partial charge in [0.15, 0.2) is 0 Å². The van der Waals surface area contributed by atoms with Crippen molar-refractivity contribution in [3.8, 4) is 0 Å². The summed E-state index contributed by atoms with van der Waals surface area (Å²) in [7, 11) is 1.28. The molecule has 0 fully saturated rings. The molecule has 1 aromatic rings. The predicted octanol–water partition coefficient (Wildman–Crippen LogP) is 4.05. The van der Waals surface area contributed by atoms with Crippen LogP contribution in [0.15, 0.2) is 22.7 Å². The largest absolute Gasteiger partial charge is 0.598 e. The number of esters is 1. The first-order chi connectivity index (χ1) is 10.8. The second kappa shape index (κ2) is 7.32. The van der Waals surface area contributed by atoms with Crippen LogP contribution in [0.5, 0.6) is 0 Å². The Balaban J connectivity index is 3.57. The van der Waals surface area contributed by atoms with Crippen molar-refractivity contribution in [1.29, 1.82) is 0 Å². The molecule has 0 aromatic heterocycles. The Morgan fingerprint density at radius 3 is 2.25 bits per heavy atom. The lowest BCUT2D eigenvalue weighted by Gasteiger charge is -2.44. The summed E-state index contributed by atoms with van der Waals surface area (Å²) in [5.41, 5.74) is -2.19. The fraction of sp³-hybridized carbons (Fsp3) is 0.588. The van der Waals surface area contributed by atoms with Crippen molar-refractivity contribution in [3.05, 3.63) is 34.1 Å². The summed E-state index contributed by atoms with van der Waals surface area (Å²) in [6, 6.07) is 4.48. The topological polar surface area (TPSA) is 61.4 Å². The van der Waals surface area contributed by atoms with Gasteiger partial charge < -0.3 is 9.29 Å². The Hall–Kier alpha value is -0.630. The Labute approximate surface area is 155 Å². The molecule has 0 saturated carbocycles. The number of carbonyl (C=O) groups is 1. The zero-order valence-electron chi connectivity index (χ0n) is 15.1. The van der Waals surface area contributed by atoms with Gasteiger partial charge in [0.1, 0.15) is 16.1 Å². The number of halogens is 2. The highest BCUT2D eigenvalue weighted by Crippen LogP contribution is 2.43. The van der Waals surface area contributed by atoms with E-state index in [9.17, 15) is 13.7 Å². The molecule has 1 unspecified atom stereocenters. The van der Waals surface area contributed by atoms with Crippen molar-refractivity contribution >= 4 is 33.3 Å². The number of hydrogen-bond acceptors (Lipinski definition) is 4. The summed E-state index contributed by atoms with van der Waals surface area (Å²) in [5, 5.41) is 0. The molecule has 0 amide bonds. The van der Waals surface area contributed by atoms with E-state index < -0.39 is 38.8 Å². The summed E-state index contributed by atoms with van der Waals surface area (Å²) in [5.74, 6) is -1.01. The van der Waals surface area contributed by atoms with E-state index in [1.54, 1.807) is 53.7 Å². The van der Waals surface area contributed by atoms with E-state index in [0.717, 1.165) is 0 Å². The van der Waals surface area contributed by atoms with Crippen LogP contribution in [0.1, 0.15) is 47.1 Å². The van der Waals surface area contributed by atoms with E-state index in [-0.39, 0.29) is 5.56 Å². The normalized spacial score (nSPS) is 16.4. The van der Waals surface area contributed by atoms with Gasteiger partial charge >= 0.3 is 5.97 Å². The van der Waals surface area contributed by atoms with E-state index in [1.165, 1.54) is 13.2 Å². The molecule has 1 rings (SSSR count). The number of hydrogen-bond donors (Lipinski definition) is 1. The van der Waals surface area contributed by atoms with E-state index in [0.29, 0.717) is 4.47 Å². The summed E-state index contributed by atoms with van der Waals surface area (Å²) < 4.78 is 35.3. The molecule has 0 aliphatic heterocycles. The first-order valence-electron chi connectivity index (χ1n) is 7.51. The fourth-order valence-corrected chi connectivity index (χ4v) is 3.60. The van der Waals surface area contributed by atoms with Crippen LogP contribution >= 0.6 is 15.9 Å². The summed E-state index contributed by atoms with van der Waals surface area (Å²) >= 11 is 1.80. The highest BCUT2D eigenvalue weighted by atomic mass is 79.9. The number of benzene rings is 1. The fourth-order valence-electron chi connectivity index (χ4n) is 2.20. The second-order valence-corrected chi connectivity index (χ2v) is 10.2. The molecule has 0 saturated heterocycles. The highest BCUT2D eigenvalue weighted by molar-refractivity contribution is 9.10. The van der Waals surface area contributed by atoms with Gasteiger partial charge in [0, 0.05) is 21.4 Å². The van der Waals surface area contributed by atoms with Crippen LogP contribution in [0.3, 0.4) is 0 Å². The maximum absolute atomic E-state index is 14.6. The van der Waals surface area contributed by atoms with Gasteiger partial charge in [-0.15, -0.1) is 4.72 Å².